The van der Waals surface area contributed by atoms with Gasteiger partial charge in [0.05, 0.1) is 23.6 Å². The highest BCUT2D eigenvalue weighted by Crippen LogP contribution is 2.33. The summed E-state index contributed by atoms with van der Waals surface area (Å²) in [6, 6.07) is 3.25. The van der Waals surface area contributed by atoms with Gasteiger partial charge in [-0.2, -0.15) is 13.2 Å². The van der Waals surface area contributed by atoms with E-state index in [0.29, 0.717) is 16.6 Å². The minimum absolute atomic E-state index is 0.210. The van der Waals surface area contributed by atoms with Gasteiger partial charge >= 0.3 is 6.18 Å². The van der Waals surface area contributed by atoms with Gasteiger partial charge in [0.2, 0.25) is 0 Å². The van der Waals surface area contributed by atoms with Crippen molar-refractivity contribution in [1.82, 2.24) is 15.0 Å². The first-order valence-electron chi connectivity index (χ1n) is 5.80. The van der Waals surface area contributed by atoms with Gasteiger partial charge in [-0.25, -0.2) is 4.68 Å². The van der Waals surface area contributed by atoms with Gasteiger partial charge in [-0.05, 0) is 40.5 Å². The maximum absolute atomic E-state index is 12.7. The van der Waals surface area contributed by atoms with Crippen LogP contribution in [0.25, 0.3) is 5.69 Å². The number of aliphatic hydroxyl groups excluding tert-OH is 1. The Kier molecular flexibility index (Phi) is 4.14. The maximum Gasteiger partial charge on any atom is 0.416 e. The summed E-state index contributed by atoms with van der Waals surface area (Å²) in [6.45, 7) is 1.77. The zero-order valence-electron chi connectivity index (χ0n) is 10.4. The normalized spacial score (nSPS) is 13.5. The summed E-state index contributed by atoms with van der Waals surface area (Å²) in [5.41, 5.74) is -0.248. The second-order valence-corrected chi connectivity index (χ2v) is 5.03. The fourth-order valence-electron chi connectivity index (χ4n) is 1.62. The van der Waals surface area contributed by atoms with Gasteiger partial charge in [0, 0.05) is 4.47 Å². The number of hydrogen-bond donors (Lipinski definition) is 1. The molecule has 0 fully saturated rings. The van der Waals surface area contributed by atoms with Crippen LogP contribution in [-0.2, 0) is 6.18 Å². The van der Waals surface area contributed by atoms with E-state index in [0.717, 1.165) is 12.1 Å². The summed E-state index contributed by atoms with van der Waals surface area (Å²) in [4.78, 5) is 0. The van der Waals surface area contributed by atoms with E-state index in [2.05, 4.69) is 26.2 Å². The highest BCUT2D eigenvalue weighted by molar-refractivity contribution is 9.10. The van der Waals surface area contributed by atoms with Crippen molar-refractivity contribution in [3.63, 3.8) is 0 Å². The molecule has 0 bridgehead atoms. The molecule has 0 aliphatic heterocycles. The first kappa shape index (κ1) is 15.0. The molecule has 108 valence electrons. The summed E-state index contributed by atoms with van der Waals surface area (Å²) in [6.07, 6.45) is -3.35. The van der Waals surface area contributed by atoms with Gasteiger partial charge in [0.25, 0.3) is 0 Å². The van der Waals surface area contributed by atoms with E-state index in [1.807, 2.05) is 0 Å². The van der Waals surface area contributed by atoms with Crippen molar-refractivity contribution < 1.29 is 18.3 Å². The van der Waals surface area contributed by atoms with Gasteiger partial charge in [-0.1, -0.05) is 12.1 Å². The molecular formula is C12H11BrF3N3O. The van der Waals surface area contributed by atoms with Gasteiger partial charge in [-0.3, -0.25) is 0 Å². The van der Waals surface area contributed by atoms with Gasteiger partial charge in [0.15, 0.2) is 0 Å². The molecular weight excluding hydrogens is 339 g/mol. The summed E-state index contributed by atoms with van der Waals surface area (Å²) < 4.78 is 39.8. The Morgan fingerprint density at radius 3 is 2.70 bits per heavy atom. The van der Waals surface area contributed by atoms with Crippen LogP contribution in [0.15, 0.2) is 28.9 Å². The number of aromatic nitrogens is 3. The molecule has 8 heteroatoms. The van der Waals surface area contributed by atoms with Crippen LogP contribution in [0.4, 0.5) is 13.2 Å². The number of rotatable bonds is 3. The third-order valence-electron chi connectivity index (χ3n) is 2.76. The Morgan fingerprint density at radius 2 is 2.10 bits per heavy atom. The number of hydrogen-bond acceptors (Lipinski definition) is 3. The minimum atomic E-state index is -4.43. The summed E-state index contributed by atoms with van der Waals surface area (Å²) in [5.74, 6) is 0. The lowest BCUT2D eigenvalue weighted by Gasteiger charge is -2.10. The largest absolute Gasteiger partial charge is 0.416 e. The van der Waals surface area contributed by atoms with Gasteiger partial charge < -0.3 is 5.11 Å². The van der Waals surface area contributed by atoms with Crippen molar-refractivity contribution in [1.29, 1.82) is 0 Å². The summed E-state index contributed by atoms with van der Waals surface area (Å²) in [7, 11) is 0. The Hall–Kier alpha value is -1.41. The standard InChI is InChI=1S/C12H11BrF3N3O/c1-2-11(20)9-6-19(18-17-9)10-5-7(12(14,15)16)3-4-8(10)13/h3-6,11,20H,2H2,1H3. The zero-order chi connectivity index (χ0) is 14.9. The Morgan fingerprint density at radius 1 is 1.40 bits per heavy atom. The molecule has 1 atom stereocenters. The molecule has 0 saturated heterocycles. The molecule has 0 aliphatic carbocycles. The molecule has 0 spiro atoms. The molecule has 1 unspecified atom stereocenters. The zero-order valence-corrected chi connectivity index (χ0v) is 12.0. The molecule has 1 aromatic carbocycles. The third kappa shape index (κ3) is 3.01. The van der Waals surface area contributed by atoms with Crippen LogP contribution >= 0.6 is 15.9 Å². The molecule has 0 amide bonds. The Bertz CT molecular complexity index is 612. The van der Waals surface area contributed by atoms with Crippen LogP contribution in [-0.4, -0.2) is 20.1 Å². The lowest BCUT2D eigenvalue weighted by molar-refractivity contribution is -0.137. The molecule has 2 aromatic rings. The lowest BCUT2D eigenvalue weighted by atomic mass is 10.2. The third-order valence-corrected chi connectivity index (χ3v) is 3.43. The first-order valence-corrected chi connectivity index (χ1v) is 6.59. The highest BCUT2D eigenvalue weighted by atomic mass is 79.9. The van der Waals surface area contributed by atoms with Crippen LogP contribution in [0, 0.1) is 0 Å². The predicted molar refractivity (Wildman–Crippen MR) is 69.3 cm³/mol. The molecule has 0 saturated carbocycles. The second-order valence-electron chi connectivity index (χ2n) is 4.18. The van der Waals surface area contributed by atoms with E-state index < -0.39 is 17.8 Å². The monoisotopic (exact) mass is 349 g/mol. The summed E-state index contributed by atoms with van der Waals surface area (Å²) >= 11 is 3.18. The SMILES string of the molecule is CCC(O)c1cn(-c2cc(C(F)(F)F)ccc2Br)nn1. The molecule has 0 radical (unpaired) electrons. The van der Waals surface area contributed by atoms with Crippen molar-refractivity contribution >= 4 is 15.9 Å². The van der Waals surface area contributed by atoms with E-state index in [1.165, 1.54) is 16.9 Å². The van der Waals surface area contributed by atoms with E-state index in [9.17, 15) is 18.3 Å². The molecule has 1 aromatic heterocycles. The number of halogens is 4. The topological polar surface area (TPSA) is 50.9 Å². The van der Waals surface area contributed by atoms with Crippen molar-refractivity contribution in [2.75, 3.05) is 0 Å². The van der Waals surface area contributed by atoms with Gasteiger partial charge in [-0.15, -0.1) is 5.10 Å². The van der Waals surface area contributed by atoms with E-state index in [4.69, 9.17) is 0 Å². The number of benzene rings is 1. The van der Waals surface area contributed by atoms with Crippen LogP contribution in [0.5, 0.6) is 0 Å². The predicted octanol–water partition coefficient (Wildman–Crippen LogP) is 3.49. The Labute approximate surface area is 121 Å². The molecule has 2 rings (SSSR count). The number of alkyl halides is 3. The maximum atomic E-state index is 12.7. The van der Waals surface area contributed by atoms with E-state index >= 15 is 0 Å². The van der Waals surface area contributed by atoms with Crippen LogP contribution < -0.4 is 0 Å². The van der Waals surface area contributed by atoms with Crippen molar-refractivity contribution in [2.45, 2.75) is 25.6 Å². The van der Waals surface area contributed by atoms with E-state index in [-0.39, 0.29) is 5.69 Å². The van der Waals surface area contributed by atoms with Crippen molar-refractivity contribution in [2.24, 2.45) is 0 Å². The second kappa shape index (κ2) is 5.53. The van der Waals surface area contributed by atoms with E-state index in [1.54, 1.807) is 6.92 Å². The fourth-order valence-corrected chi connectivity index (χ4v) is 2.05. The average molecular weight is 350 g/mol. The molecule has 4 nitrogen and oxygen atoms in total. The molecule has 1 heterocycles. The average Bonchev–Trinajstić information content (AvgIpc) is 2.86. The van der Waals surface area contributed by atoms with Gasteiger partial charge in [0.1, 0.15) is 5.69 Å². The fraction of sp³-hybridized carbons (Fsp3) is 0.333. The number of nitrogens with zero attached hydrogens (tertiary/aromatic N) is 3. The van der Waals surface area contributed by atoms with Crippen LogP contribution in [0.2, 0.25) is 0 Å². The van der Waals surface area contributed by atoms with Crippen molar-refractivity contribution in [3.05, 3.63) is 40.1 Å². The summed E-state index contributed by atoms with van der Waals surface area (Å²) in [5, 5.41) is 17.1. The first-order chi connectivity index (χ1) is 9.32. The highest BCUT2D eigenvalue weighted by Gasteiger charge is 2.31. The molecule has 20 heavy (non-hydrogen) atoms. The molecule has 0 aliphatic rings. The number of aliphatic hydroxyl groups is 1. The minimum Gasteiger partial charge on any atom is -0.387 e. The van der Waals surface area contributed by atoms with Crippen LogP contribution in [0.3, 0.4) is 0 Å². The Balaban J connectivity index is 2.44. The quantitative estimate of drug-likeness (QED) is 0.922. The van der Waals surface area contributed by atoms with Crippen LogP contribution in [0.1, 0.15) is 30.7 Å². The van der Waals surface area contributed by atoms with Crippen molar-refractivity contribution in [3.8, 4) is 5.69 Å². The smallest absolute Gasteiger partial charge is 0.387 e. The lowest BCUT2D eigenvalue weighted by Crippen LogP contribution is -2.07. The molecule has 1 N–H and O–H groups in total.